The van der Waals surface area contributed by atoms with Crippen molar-refractivity contribution in [3.63, 3.8) is 0 Å². The minimum absolute atomic E-state index is 0.0618. The van der Waals surface area contributed by atoms with Gasteiger partial charge in [-0.05, 0) is 96.6 Å². The van der Waals surface area contributed by atoms with Crippen molar-refractivity contribution in [2.45, 2.75) is 17.8 Å². The van der Waals surface area contributed by atoms with E-state index in [2.05, 4.69) is 210 Å². The number of hydrogen-bond donors (Lipinski definition) is 0. The number of para-hydroxylation sites is 2. The molecule has 0 saturated heterocycles. The number of fused-ring (bicyclic) bond motifs is 28. The van der Waals surface area contributed by atoms with Crippen LogP contribution in [-0.4, -0.2) is 15.8 Å². The third-order valence-corrected chi connectivity index (χ3v) is 16.5. The third kappa shape index (κ3) is 3.21. The van der Waals surface area contributed by atoms with Crippen LogP contribution in [-0.2, 0) is 10.8 Å². The molecule has 11 aromatic rings. The highest BCUT2D eigenvalue weighted by atomic mass is 15.1. The van der Waals surface area contributed by atoms with Crippen molar-refractivity contribution in [2.75, 3.05) is 0 Å². The van der Waals surface area contributed by atoms with E-state index in [4.69, 9.17) is 0 Å². The minimum atomic E-state index is -0.438. The van der Waals surface area contributed by atoms with Crippen LogP contribution < -0.4 is 16.4 Å². The molecule has 3 heteroatoms. The van der Waals surface area contributed by atoms with Gasteiger partial charge in [-0.25, -0.2) is 0 Å². The zero-order chi connectivity index (χ0) is 41.4. The van der Waals surface area contributed by atoms with Gasteiger partial charge in [0.25, 0.3) is 6.71 Å². The predicted octanol–water partition coefficient (Wildman–Crippen LogP) is 11.7. The second-order valence-corrected chi connectivity index (χ2v) is 19.0. The molecule has 2 nitrogen and oxygen atoms in total. The summed E-state index contributed by atoms with van der Waals surface area (Å²) in [5.41, 5.74) is 31.7. The van der Waals surface area contributed by atoms with Gasteiger partial charge in [0.15, 0.2) is 0 Å². The van der Waals surface area contributed by atoms with Gasteiger partial charge in [-0.1, -0.05) is 182 Å². The number of aromatic nitrogens is 2. The molecule has 0 fully saturated rings. The van der Waals surface area contributed by atoms with Crippen molar-refractivity contribution in [3.05, 3.63) is 244 Å². The molecule has 64 heavy (non-hydrogen) atoms. The number of nitrogens with zero attached hydrogens (tertiary/aromatic N) is 2. The maximum Gasteiger partial charge on any atom is 0.252 e. The molecule has 292 valence electrons. The summed E-state index contributed by atoms with van der Waals surface area (Å²) in [6, 6.07) is 74.9. The lowest BCUT2D eigenvalue weighted by Gasteiger charge is -2.35. The van der Waals surface area contributed by atoms with Crippen molar-refractivity contribution >= 4 is 44.9 Å². The molecule has 0 radical (unpaired) electrons. The number of benzene rings is 9. The Morgan fingerprint density at radius 2 is 0.688 bits per heavy atom. The average molecular weight is 807 g/mol. The van der Waals surface area contributed by atoms with Crippen LogP contribution >= 0.6 is 0 Å². The highest BCUT2D eigenvalue weighted by Gasteiger charge is 2.58. The van der Waals surface area contributed by atoms with Crippen LogP contribution in [0.3, 0.4) is 0 Å². The molecule has 0 amide bonds. The van der Waals surface area contributed by atoms with E-state index in [9.17, 15) is 0 Å². The van der Waals surface area contributed by atoms with Crippen LogP contribution in [0.4, 0.5) is 0 Å². The Balaban J connectivity index is 1.04. The molecule has 0 unspecified atom stereocenters. The Bertz CT molecular complexity index is 3710. The fourth-order valence-corrected chi connectivity index (χ4v) is 14.7. The molecular weight excluding hydrogens is 771 g/mol. The van der Waals surface area contributed by atoms with Gasteiger partial charge in [0.05, 0.1) is 22.2 Å². The first kappa shape index (κ1) is 32.8. The smallest absolute Gasteiger partial charge is 0.252 e. The van der Waals surface area contributed by atoms with E-state index in [-0.39, 0.29) is 6.71 Å². The maximum absolute atomic E-state index is 2.72. The van der Waals surface area contributed by atoms with E-state index in [1.54, 1.807) is 0 Å². The molecule has 0 bridgehead atoms. The highest BCUT2D eigenvalue weighted by molar-refractivity contribution is 7.00. The molecule has 0 saturated carbocycles. The van der Waals surface area contributed by atoms with Crippen LogP contribution in [0.15, 0.2) is 194 Å². The first-order chi connectivity index (χ1) is 31.7. The van der Waals surface area contributed by atoms with E-state index >= 15 is 0 Å². The van der Waals surface area contributed by atoms with Gasteiger partial charge in [-0.3, -0.25) is 0 Å². The Kier molecular flexibility index (Phi) is 5.46. The first-order valence-electron chi connectivity index (χ1n) is 22.8. The van der Waals surface area contributed by atoms with Crippen molar-refractivity contribution in [1.29, 1.82) is 0 Å². The summed E-state index contributed by atoms with van der Waals surface area (Å²) in [6.45, 7) is 2.37. The summed E-state index contributed by atoms with van der Waals surface area (Å²) in [4.78, 5) is 0. The Morgan fingerprint density at radius 3 is 1.06 bits per heavy atom. The van der Waals surface area contributed by atoms with Crippen molar-refractivity contribution in [2.24, 2.45) is 0 Å². The monoisotopic (exact) mass is 806 g/mol. The quantitative estimate of drug-likeness (QED) is 0.135. The standard InChI is InChI=1S/C61H35BN2/c1-34-32-51-55-52(33-34)64-57-42(54-59(64)40-21-7-13-29-48(40)61(54)45-26-10-4-18-37(45)38-19-5-11-27-46(38)61)23-15-31-50(57)62(55)49-30-14-22-41-53-58(63(51)56(41)49)39-20-6-12-28-47(39)60(53)43-24-8-2-16-35(43)36-17-3-9-25-44(36)60/h2-33H,1H3. The fourth-order valence-electron chi connectivity index (χ4n) is 14.7. The van der Waals surface area contributed by atoms with Gasteiger partial charge in [0.1, 0.15) is 0 Å². The predicted molar refractivity (Wildman–Crippen MR) is 262 cm³/mol. The van der Waals surface area contributed by atoms with Gasteiger partial charge in [-0.15, -0.1) is 0 Å². The highest BCUT2D eigenvalue weighted by Crippen LogP contribution is 2.67. The molecule has 9 aromatic carbocycles. The maximum atomic E-state index is 2.72. The molecule has 0 atom stereocenters. The van der Waals surface area contributed by atoms with Gasteiger partial charge >= 0.3 is 0 Å². The van der Waals surface area contributed by atoms with Gasteiger partial charge < -0.3 is 9.13 Å². The third-order valence-electron chi connectivity index (χ3n) is 16.5. The molecule has 6 aliphatic rings. The molecule has 2 aromatic heterocycles. The fraction of sp³-hybridized carbons (Fsp3) is 0.0492. The number of rotatable bonds is 0. The van der Waals surface area contributed by atoms with Crippen LogP contribution in [0.25, 0.3) is 77.9 Å². The Hall–Kier alpha value is -7.88. The van der Waals surface area contributed by atoms with Crippen LogP contribution in [0.2, 0.25) is 0 Å². The number of hydrogen-bond acceptors (Lipinski definition) is 0. The number of aryl methyl sites for hydroxylation is 1. The van der Waals surface area contributed by atoms with Crippen molar-refractivity contribution < 1.29 is 0 Å². The summed E-state index contributed by atoms with van der Waals surface area (Å²) < 4.78 is 5.43. The SMILES string of the molecule is Cc1cc2c3c(c1)-n1c4c(c5cccc(c51)B3c1cccc3c5c(n-2c13)-c1ccccc1C51c2ccccc2-c2ccccc21)C1(c2ccccc2-c2ccccc21)c1ccccc1-4. The molecule has 2 spiro atoms. The second-order valence-electron chi connectivity index (χ2n) is 19.0. The topological polar surface area (TPSA) is 9.86 Å². The summed E-state index contributed by atoms with van der Waals surface area (Å²) in [5.74, 6) is 0. The largest absolute Gasteiger partial charge is 0.310 e. The summed E-state index contributed by atoms with van der Waals surface area (Å²) in [6.07, 6.45) is 0. The van der Waals surface area contributed by atoms with Crippen molar-refractivity contribution in [3.8, 4) is 56.1 Å². The Morgan fingerprint density at radius 1 is 0.359 bits per heavy atom. The lowest BCUT2D eigenvalue weighted by molar-refractivity contribution is 0.801. The lowest BCUT2D eigenvalue weighted by atomic mass is 9.34. The van der Waals surface area contributed by atoms with E-state index in [1.165, 1.54) is 144 Å². The van der Waals surface area contributed by atoms with E-state index in [0.717, 1.165) is 0 Å². The zero-order valence-corrected chi connectivity index (χ0v) is 34.9. The molecule has 0 N–H and O–H groups in total. The van der Waals surface area contributed by atoms with Crippen LogP contribution in [0.1, 0.15) is 50.1 Å². The normalized spacial score (nSPS) is 15.5. The molecule has 17 rings (SSSR count). The summed E-state index contributed by atoms with van der Waals surface area (Å²) in [7, 11) is 0. The second kappa shape index (κ2) is 10.7. The van der Waals surface area contributed by atoms with E-state index in [1.807, 2.05) is 0 Å². The summed E-state index contributed by atoms with van der Waals surface area (Å²) in [5, 5.41) is 2.71. The van der Waals surface area contributed by atoms with Crippen LogP contribution in [0.5, 0.6) is 0 Å². The van der Waals surface area contributed by atoms with Gasteiger partial charge in [0.2, 0.25) is 0 Å². The van der Waals surface area contributed by atoms with Crippen molar-refractivity contribution in [1.82, 2.24) is 9.13 Å². The molecule has 4 heterocycles. The minimum Gasteiger partial charge on any atom is -0.310 e. The lowest BCUT2D eigenvalue weighted by Crippen LogP contribution is -2.59. The average Bonchev–Trinajstić information content (AvgIpc) is 4.16. The van der Waals surface area contributed by atoms with Crippen LogP contribution in [0, 0.1) is 6.92 Å². The van der Waals surface area contributed by atoms with E-state index < -0.39 is 10.8 Å². The molecule has 4 aliphatic carbocycles. The summed E-state index contributed by atoms with van der Waals surface area (Å²) >= 11 is 0. The van der Waals surface area contributed by atoms with Gasteiger partial charge in [0, 0.05) is 55.4 Å². The zero-order valence-electron chi connectivity index (χ0n) is 34.9. The first-order valence-corrected chi connectivity index (χ1v) is 22.8. The van der Waals surface area contributed by atoms with Gasteiger partial charge in [-0.2, -0.15) is 0 Å². The van der Waals surface area contributed by atoms with E-state index in [0.29, 0.717) is 0 Å². The molecular formula is C61H35BN2. The molecule has 2 aliphatic heterocycles. The Labute approximate surface area is 370 Å².